The molecule has 0 saturated carbocycles. The zero-order chi connectivity index (χ0) is 31.6. The first-order valence-electron chi connectivity index (χ1n) is 14.7. The van der Waals surface area contributed by atoms with Crippen LogP contribution in [0.25, 0.3) is 11.3 Å². The largest absolute Gasteiger partial charge is 0.336 e. The summed E-state index contributed by atoms with van der Waals surface area (Å²) in [5.74, 6) is -0.105. The number of aromatic nitrogens is 3. The molecule has 228 valence electrons. The van der Waals surface area contributed by atoms with Crippen molar-refractivity contribution in [3.63, 3.8) is 0 Å². The number of anilines is 3. The summed E-state index contributed by atoms with van der Waals surface area (Å²) in [5.41, 5.74) is 5.01. The molecule has 10 nitrogen and oxygen atoms in total. The topological polar surface area (TPSA) is 112 Å². The Morgan fingerprint density at radius 3 is 2.20 bits per heavy atom. The van der Waals surface area contributed by atoms with Crippen LogP contribution in [0.2, 0.25) is 0 Å². The summed E-state index contributed by atoms with van der Waals surface area (Å²) in [7, 11) is 3.73. The van der Waals surface area contributed by atoms with Crippen LogP contribution in [0.5, 0.6) is 0 Å². The van der Waals surface area contributed by atoms with E-state index in [0.29, 0.717) is 41.3 Å². The summed E-state index contributed by atoms with van der Waals surface area (Å²) in [5, 5.41) is 6.12. The van der Waals surface area contributed by atoms with Gasteiger partial charge in [0.15, 0.2) is 5.82 Å². The zero-order valence-corrected chi connectivity index (χ0v) is 26.1. The molecule has 3 heterocycles. The van der Waals surface area contributed by atoms with E-state index in [9.17, 15) is 14.4 Å². The number of amides is 2. The second-order valence-electron chi connectivity index (χ2n) is 12.3. The number of nitrogens with one attached hydrogen (secondary N) is 2. The molecule has 5 rings (SSSR count). The Bertz CT molecular complexity index is 1730. The second-order valence-corrected chi connectivity index (χ2v) is 12.3. The molecule has 10 heteroatoms. The van der Waals surface area contributed by atoms with Crippen molar-refractivity contribution in [2.45, 2.75) is 33.1 Å². The number of aryl methyl sites for hydroxylation is 1. The Balaban J connectivity index is 1.34. The lowest BCUT2D eigenvalue weighted by atomic mass is 9.91. The molecule has 1 fully saturated rings. The maximum absolute atomic E-state index is 13.1. The molecule has 0 spiro atoms. The standard InChI is InChI=1S/C34H39N7O3/c1-22-26(8-7-9-27(22)38-31(42)24-12-15-29(35-20-24)34(2,3)4)28-21-40(6)33(44)30(37-28)36-25-13-10-23(11-14-25)32(43)41-18-16-39(5)17-19-41/h7-15,20-21H,16-19H2,1-6H3,(H,36,37)(H,38,42). The smallest absolute Gasteiger partial charge is 0.293 e. The van der Waals surface area contributed by atoms with Gasteiger partial charge in [-0.1, -0.05) is 32.9 Å². The van der Waals surface area contributed by atoms with Gasteiger partial charge < -0.3 is 25.0 Å². The number of carbonyl (C=O) groups is 2. The lowest BCUT2D eigenvalue weighted by Crippen LogP contribution is -2.47. The summed E-state index contributed by atoms with van der Waals surface area (Å²) in [6.07, 6.45) is 3.27. The van der Waals surface area contributed by atoms with Crippen molar-refractivity contribution in [2.24, 2.45) is 7.05 Å². The number of benzene rings is 2. The van der Waals surface area contributed by atoms with Gasteiger partial charge >= 0.3 is 0 Å². The summed E-state index contributed by atoms with van der Waals surface area (Å²) in [6, 6.07) is 16.3. The molecule has 4 aromatic rings. The third-order valence-electron chi connectivity index (χ3n) is 7.91. The van der Waals surface area contributed by atoms with Gasteiger partial charge in [-0.15, -0.1) is 0 Å². The van der Waals surface area contributed by atoms with Crippen LogP contribution in [0.3, 0.4) is 0 Å². The quantitative estimate of drug-likeness (QED) is 0.329. The molecular formula is C34H39N7O3. The first-order chi connectivity index (χ1) is 20.9. The molecule has 1 aliphatic heterocycles. The summed E-state index contributed by atoms with van der Waals surface area (Å²) in [4.78, 5) is 52.2. The van der Waals surface area contributed by atoms with E-state index < -0.39 is 0 Å². The van der Waals surface area contributed by atoms with Crippen LogP contribution < -0.4 is 16.2 Å². The third-order valence-corrected chi connectivity index (χ3v) is 7.91. The molecule has 1 aliphatic rings. The molecule has 2 aromatic heterocycles. The van der Waals surface area contributed by atoms with Crippen LogP contribution in [0.4, 0.5) is 17.2 Å². The van der Waals surface area contributed by atoms with Gasteiger partial charge in [0.2, 0.25) is 0 Å². The first-order valence-corrected chi connectivity index (χ1v) is 14.7. The fraction of sp³-hybridized carbons (Fsp3) is 0.324. The maximum Gasteiger partial charge on any atom is 0.293 e. The van der Waals surface area contributed by atoms with Crippen molar-refractivity contribution in [1.82, 2.24) is 24.3 Å². The van der Waals surface area contributed by atoms with E-state index in [0.717, 1.165) is 29.9 Å². The predicted octanol–water partition coefficient (Wildman–Crippen LogP) is 4.83. The van der Waals surface area contributed by atoms with Crippen molar-refractivity contribution < 1.29 is 9.59 Å². The average molecular weight is 594 g/mol. The fourth-order valence-corrected chi connectivity index (χ4v) is 5.06. The van der Waals surface area contributed by atoms with Crippen LogP contribution in [-0.2, 0) is 12.5 Å². The van der Waals surface area contributed by atoms with Crippen molar-refractivity contribution in [3.8, 4) is 11.3 Å². The first kappa shape index (κ1) is 30.6. The molecule has 2 amide bonds. The Kier molecular flexibility index (Phi) is 8.64. The van der Waals surface area contributed by atoms with Gasteiger partial charge in [-0.05, 0) is 62.0 Å². The van der Waals surface area contributed by atoms with Gasteiger partial charge in [-0.3, -0.25) is 19.4 Å². The molecule has 44 heavy (non-hydrogen) atoms. The van der Waals surface area contributed by atoms with Crippen molar-refractivity contribution in [2.75, 3.05) is 43.9 Å². The van der Waals surface area contributed by atoms with E-state index >= 15 is 0 Å². The molecule has 2 N–H and O–H groups in total. The second kappa shape index (κ2) is 12.4. The normalized spacial score (nSPS) is 13.9. The number of likely N-dealkylation sites (N-methyl/N-ethyl adjacent to an activating group) is 1. The summed E-state index contributed by atoms with van der Waals surface area (Å²) >= 11 is 0. The van der Waals surface area contributed by atoms with E-state index in [2.05, 4.69) is 53.3 Å². The molecule has 2 aromatic carbocycles. The predicted molar refractivity (Wildman–Crippen MR) is 174 cm³/mol. The monoisotopic (exact) mass is 593 g/mol. The minimum Gasteiger partial charge on any atom is -0.336 e. The maximum atomic E-state index is 13.1. The molecule has 0 aliphatic carbocycles. The van der Waals surface area contributed by atoms with E-state index in [1.165, 1.54) is 4.57 Å². The molecule has 1 saturated heterocycles. The van der Waals surface area contributed by atoms with Crippen LogP contribution in [0.15, 0.2) is 71.8 Å². The van der Waals surface area contributed by atoms with Gasteiger partial charge in [0.25, 0.3) is 17.4 Å². The number of carbonyl (C=O) groups excluding carboxylic acids is 2. The van der Waals surface area contributed by atoms with Crippen LogP contribution in [0, 0.1) is 6.92 Å². The van der Waals surface area contributed by atoms with Crippen molar-refractivity contribution in [1.29, 1.82) is 0 Å². The third kappa shape index (κ3) is 6.70. The number of rotatable bonds is 6. The van der Waals surface area contributed by atoms with Crippen molar-refractivity contribution >= 4 is 29.0 Å². The minimum atomic E-state index is -0.292. The summed E-state index contributed by atoms with van der Waals surface area (Å²) in [6.45, 7) is 11.2. The van der Waals surface area contributed by atoms with Gasteiger partial charge in [0.1, 0.15) is 0 Å². The van der Waals surface area contributed by atoms with Crippen molar-refractivity contribution in [3.05, 3.63) is 99.7 Å². The lowest BCUT2D eigenvalue weighted by Gasteiger charge is -2.32. The van der Waals surface area contributed by atoms with Crippen LogP contribution in [-0.4, -0.2) is 69.4 Å². The van der Waals surface area contributed by atoms with Gasteiger partial charge in [-0.2, -0.15) is 0 Å². The zero-order valence-electron chi connectivity index (χ0n) is 26.1. The molecular weight excluding hydrogens is 554 g/mol. The van der Waals surface area contributed by atoms with Gasteiger partial charge in [0.05, 0.1) is 11.3 Å². The number of piperazine rings is 1. The highest BCUT2D eigenvalue weighted by atomic mass is 16.2. The van der Waals surface area contributed by atoms with E-state index in [4.69, 9.17) is 0 Å². The van der Waals surface area contributed by atoms with E-state index in [-0.39, 0.29) is 28.6 Å². The number of nitrogens with zero attached hydrogens (tertiary/aromatic N) is 5. The molecule has 0 unspecified atom stereocenters. The lowest BCUT2D eigenvalue weighted by molar-refractivity contribution is 0.0664. The Hall–Kier alpha value is -4.83. The summed E-state index contributed by atoms with van der Waals surface area (Å²) < 4.78 is 1.48. The highest BCUT2D eigenvalue weighted by Crippen LogP contribution is 2.28. The van der Waals surface area contributed by atoms with Crippen LogP contribution in [0.1, 0.15) is 52.7 Å². The van der Waals surface area contributed by atoms with Crippen LogP contribution >= 0.6 is 0 Å². The number of hydrogen-bond donors (Lipinski definition) is 2. The Morgan fingerprint density at radius 2 is 1.57 bits per heavy atom. The highest BCUT2D eigenvalue weighted by molar-refractivity contribution is 6.05. The van der Waals surface area contributed by atoms with Gasteiger partial charge in [-0.25, -0.2) is 4.98 Å². The fourth-order valence-electron chi connectivity index (χ4n) is 5.06. The number of pyridine rings is 1. The SMILES string of the molecule is Cc1c(NC(=O)c2ccc(C(C)(C)C)nc2)cccc1-c1cn(C)c(=O)c(Nc2ccc(C(=O)N3CCN(C)CC3)cc2)n1. The van der Waals surface area contributed by atoms with Gasteiger partial charge in [0, 0.05) is 79.2 Å². The number of hydrogen-bond acceptors (Lipinski definition) is 7. The minimum absolute atomic E-state index is 0.00122. The highest BCUT2D eigenvalue weighted by Gasteiger charge is 2.21. The Morgan fingerprint density at radius 1 is 0.886 bits per heavy atom. The van der Waals surface area contributed by atoms with E-state index in [1.54, 1.807) is 49.8 Å². The van der Waals surface area contributed by atoms with E-state index in [1.807, 2.05) is 36.1 Å². The molecule has 0 atom stereocenters. The Labute approximate surface area is 257 Å². The molecule has 0 radical (unpaired) electrons. The average Bonchev–Trinajstić information content (AvgIpc) is 3.00. The molecule has 0 bridgehead atoms.